The molecular formula is C22H46IN5O. The van der Waals surface area contributed by atoms with Gasteiger partial charge < -0.3 is 20.3 Å². The average Bonchev–Trinajstić information content (AvgIpc) is 2.73. The lowest BCUT2D eigenvalue weighted by Gasteiger charge is -2.48. The zero-order chi connectivity index (χ0) is 20.1. The highest BCUT2D eigenvalue weighted by atomic mass is 127. The van der Waals surface area contributed by atoms with Gasteiger partial charge in [0, 0.05) is 38.8 Å². The van der Waals surface area contributed by atoms with Gasteiger partial charge in [-0.3, -0.25) is 9.89 Å². The van der Waals surface area contributed by atoms with Crippen molar-refractivity contribution >= 4 is 29.9 Å². The van der Waals surface area contributed by atoms with Gasteiger partial charge in [0.25, 0.3) is 0 Å². The number of nitrogens with one attached hydrogen (secondary N) is 2. The third-order valence-electron chi connectivity index (χ3n) is 6.35. The molecule has 172 valence electrons. The monoisotopic (exact) mass is 523 g/mol. The lowest BCUT2D eigenvalue weighted by atomic mass is 9.80. The quantitative estimate of drug-likeness (QED) is 0.188. The topological polar surface area (TPSA) is 52.1 Å². The molecule has 1 aliphatic heterocycles. The highest BCUT2D eigenvalue weighted by Crippen LogP contribution is 2.33. The Morgan fingerprint density at radius 1 is 0.966 bits per heavy atom. The molecule has 0 bridgehead atoms. The van der Waals surface area contributed by atoms with E-state index in [4.69, 9.17) is 4.74 Å². The van der Waals surface area contributed by atoms with Crippen LogP contribution in [-0.4, -0.2) is 88.4 Å². The highest BCUT2D eigenvalue weighted by Gasteiger charge is 2.38. The number of ether oxygens (including phenoxy) is 1. The largest absolute Gasteiger partial charge is 0.379 e. The van der Waals surface area contributed by atoms with Crippen molar-refractivity contribution in [2.45, 2.75) is 69.7 Å². The van der Waals surface area contributed by atoms with Gasteiger partial charge in [0.1, 0.15) is 0 Å². The number of unbranched alkanes of at least 4 members (excludes halogenated alkanes) is 4. The van der Waals surface area contributed by atoms with Crippen LogP contribution in [0.15, 0.2) is 4.99 Å². The molecule has 0 unspecified atom stereocenters. The highest BCUT2D eigenvalue weighted by molar-refractivity contribution is 14.0. The minimum atomic E-state index is 0. The minimum Gasteiger partial charge on any atom is -0.379 e. The van der Waals surface area contributed by atoms with E-state index in [9.17, 15) is 0 Å². The maximum atomic E-state index is 5.59. The molecule has 1 heterocycles. The smallest absolute Gasteiger partial charge is 0.191 e. The van der Waals surface area contributed by atoms with Crippen LogP contribution in [0.4, 0.5) is 0 Å². The molecule has 2 rings (SSSR count). The second kappa shape index (κ2) is 15.6. The maximum absolute atomic E-state index is 5.59. The molecule has 2 aliphatic rings. The molecule has 0 amide bonds. The molecule has 1 aliphatic carbocycles. The first kappa shape index (κ1) is 26.9. The van der Waals surface area contributed by atoms with Gasteiger partial charge >= 0.3 is 0 Å². The Kier molecular flexibility index (Phi) is 14.5. The first-order valence-corrected chi connectivity index (χ1v) is 11.6. The summed E-state index contributed by atoms with van der Waals surface area (Å²) in [5, 5.41) is 7.18. The molecule has 0 spiro atoms. The predicted molar refractivity (Wildman–Crippen MR) is 135 cm³/mol. The Labute approximate surface area is 196 Å². The van der Waals surface area contributed by atoms with E-state index in [2.05, 4.69) is 39.5 Å². The van der Waals surface area contributed by atoms with E-state index in [0.29, 0.717) is 0 Å². The second-order valence-electron chi connectivity index (χ2n) is 8.81. The summed E-state index contributed by atoms with van der Waals surface area (Å²) in [7, 11) is 6.19. The number of guanidine groups is 1. The normalized spacial score (nSPS) is 20.3. The van der Waals surface area contributed by atoms with Gasteiger partial charge in [-0.1, -0.05) is 38.5 Å². The van der Waals surface area contributed by atoms with Gasteiger partial charge in [-0.15, -0.1) is 24.0 Å². The third kappa shape index (κ3) is 10.2. The first-order chi connectivity index (χ1) is 13.7. The van der Waals surface area contributed by atoms with Crippen molar-refractivity contribution in [1.82, 2.24) is 20.4 Å². The van der Waals surface area contributed by atoms with Crippen LogP contribution in [0.3, 0.4) is 0 Å². The number of rotatable bonds is 11. The molecule has 2 fully saturated rings. The third-order valence-corrected chi connectivity index (χ3v) is 6.35. The van der Waals surface area contributed by atoms with Crippen molar-refractivity contribution in [2.24, 2.45) is 4.99 Å². The second-order valence-corrected chi connectivity index (χ2v) is 8.81. The van der Waals surface area contributed by atoms with E-state index in [1.807, 2.05) is 7.05 Å². The number of halogens is 1. The van der Waals surface area contributed by atoms with Gasteiger partial charge in [-0.2, -0.15) is 0 Å². The standard InChI is InChI=1S/C22H45N5O.HI/c1-23-21(24-14-10-5-4-6-11-15-26(2)3)25-20-22(12-8-7-9-13-22)27-16-18-28-19-17-27;/h4-20H2,1-3H3,(H2,23,24,25);1H. The molecule has 7 heteroatoms. The summed E-state index contributed by atoms with van der Waals surface area (Å²) >= 11 is 0. The van der Waals surface area contributed by atoms with Crippen molar-refractivity contribution < 1.29 is 4.74 Å². The van der Waals surface area contributed by atoms with Crippen LogP contribution in [0, 0.1) is 0 Å². The Morgan fingerprint density at radius 2 is 1.62 bits per heavy atom. The van der Waals surface area contributed by atoms with Crippen LogP contribution in [0.1, 0.15) is 64.2 Å². The number of nitrogens with zero attached hydrogens (tertiary/aromatic N) is 3. The van der Waals surface area contributed by atoms with E-state index in [1.54, 1.807) is 0 Å². The summed E-state index contributed by atoms with van der Waals surface area (Å²) in [5.74, 6) is 0.964. The summed E-state index contributed by atoms with van der Waals surface area (Å²) < 4.78 is 5.59. The fourth-order valence-corrected chi connectivity index (χ4v) is 4.61. The first-order valence-electron chi connectivity index (χ1n) is 11.6. The fourth-order valence-electron chi connectivity index (χ4n) is 4.61. The molecule has 0 aromatic heterocycles. The van der Waals surface area contributed by atoms with Gasteiger partial charge in [-0.05, 0) is 46.3 Å². The van der Waals surface area contributed by atoms with Crippen molar-refractivity contribution in [1.29, 1.82) is 0 Å². The molecule has 2 N–H and O–H groups in total. The van der Waals surface area contributed by atoms with Crippen LogP contribution in [0.2, 0.25) is 0 Å². The van der Waals surface area contributed by atoms with Crippen molar-refractivity contribution in [2.75, 3.05) is 67.1 Å². The van der Waals surface area contributed by atoms with Crippen LogP contribution >= 0.6 is 24.0 Å². The molecule has 0 atom stereocenters. The Hall–Kier alpha value is -0.120. The van der Waals surface area contributed by atoms with E-state index in [1.165, 1.54) is 70.8 Å². The SMILES string of the molecule is CN=C(NCCCCCCCN(C)C)NCC1(N2CCOCC2)CCCCC1.I. The molecule has 6 nitrogen and oxygen atoms in total. The van der Waals surface area contributed by atoms with Crippen LogP contribution in [0.25, 0.3) is 0 Å². The van der Waals surface area contributed by atoms with E-state index < -0.39 is 0 Å². The zero-order valence-electron chi connectivity index (χ0n) is 19.2. The lowest BCUT2D eigenvalue weighted by Crippen LogP contribution is -2.60. The molecule has 0 radical (unpaired) electrons. The summed E-state index contributed by atoms with van der Waals surface area (Å²) in [6.45, 7) is 7.12. The Bertz CT molecular complexity index is 435. The maximum Gasteiger partial charge on any atom is 0.191 e. The molecule has 0 aromatic carbocycles. The predicted octanol–water partition coefficient (Wildman–Crippen LogP) is 3.32. The molecule has 0 aromatic rings. The van der Waals surface area contributed by atoms with Gasteiger partial charge in [0.15, 0.2) is 5.96 Å². The van der Waals surface area contributed by atoms with Crippen LogP contribution in [0.5, 0.6) is 0 Å². The number of morpholine rings is 1. The summed E-state index contributed by atoms with van der Waals surface area (Å²) in [6.07, 6.45) is 13.2. The van der Waals surface area contributed by atoms with Crippen LogP contribution < -0.4 is 10.6 Å². The van der Waals surface area contributed by atoms with Crippen LogP contribution in [-0.2, 0) is 4.74 Å². The minimum absolute atomic E-state index is 0. The Morgan fingerprint density at radius 3 is 2.28 bits per heavy atom. The van der Waals surface area contributed by atoms with Gasteiger partial charge in [0.2, 0.25) is 0 Å². The summed E-state index contributed by atoms with van der Waals surface area (Å²) in [5.41, 5.74) is 0.284. The van der Waals surface area contributed by atoms with Crippen molar-refractivity contribution in [3.05, 3.63) is 0 Å². The molecular weight excluding hydrogens is 477 g/mol. The van der Waals surface area contributed by atoms with E-state index in [-0.39, 0.29) is 29.5 Å². The lowest BCUT2D eigenvalue weighted by molar-refractivity contribution is -0.0352. The fraction of sp³-hybridized carbons (Fsp3) is 0.955. The number of hydrogen-bond acceptors (Lipinski definition) is 4. The molecule has 29 heavy (non-hydrogen) atoms. The molecule has 1 saturated carbocycles. The van der Waals surface area contributed by atoms with E-state index >= 15 is 0 Å². The van der Waals surface area contributed by atoms with Crippen molar-refractivity contribution in [3.63, 3.8) is 0 Å². The zero-order valence-corrected chi connectivity index (χ0v) is 21.5. The average molecular weight is 524 g/mol. The summed E-state index contributed by atoms with van der Waals surface area (Å²) in [6, 6.07) is 0. The number of hydrogen-bond donors (Lipinski definition) is 2. The van der Waals surface area contributed by atoms with Gasteiger partial charge in [-0.25, -0.2) is 0 Å². The molecule has 1 saturated heterocycles. The summed E-state index contributed by atoms with van der Waals surface area (Å²) in [4.78, 5) is 9.42. The van der Waals surface area contributed by atoms with Crippen molar-refractivity contribution in [3.8, 4) is 0 Å². The van der Waals surface area contributed by atoms with E-state index in [0.717, 1.165) is 45.4 Å². The Balaban J connectivity index is 0.00000420. The van der Waals surface area contributed by atoms with Gasteiger partial charge in [0.05, 0.1) is 13.2 Å². The number of aliphatic imine (C=N–C) groups is 1.